The topological polar surface area (TPSA) is 83.5 Å². The van der Waals surface area contributed by atoms with Crippen molar-refractivity contribution in [3.05, 3.63) is 29.8 Å². The zero-order valence-electron chi connectivity index (χ0n) is 10.7. The predicted molar refractivity (Wildman–Crippen MR) is 70.3 cm³/mol. The van der Waals surface area contributed by atoms with E-state index in [4.69, 9.17) is 5.11 Å². The second kappa shape index (κ2) is 5.30. The van der Waals surface area contributed by atoms with Gasteiger partial charge < -0.3 is 5.11 Å². The molecule has 2 atom stereocenters. The summed E-state index contributed by atoms with van der Waals surface area (Å²) in [5.41, 5.74) is 0.991. The summed E-state index contributed by atoms with van der Waals surface area (Å²) in [5.74, 6) is -1.29. The summed E-state index contributed by atoms with van der Waals surface area (Å²) in [6, 6.07) is 6.31. The first-order valence-electron chi connectivity index (χ1n) is 6.20. The zero-order valence-corrected chi connectivity index (χ0v) is 11.5. The highest BCUT2D eigenvalue weighted by Crippen LogP contribution is 2.27. The van der Waals surface area contributed by atoms with Gasteiger partial charge >= 0.3 is 5.97 Å². The van der Waals surface area contributed by atoms with Gasteiger partial charge in [0, 0.05) is 6.04 Å². The summed E-state index contributed by atoms with van der Waals surface area (Å²) in [6.07, 6.45) is 1.46. The van der Waals surface area contributed by atoms with Crippen LogP contribution >= 0.6 is 0 Å². The molecule has 104 valence electrons. The zero-order chi connectivity index (χ0) is 14.0. The summed E-state index contributed by atoms with van der Waals surface area (Å²) >= 11 is 0. The van der Waals surface area contributed by atoms with Crippen molar-refractivity contribution in [3.8, 4) is 0 Å². The lowest BCUT2D eigenvalue weighted by Crippen LogP contribution is -2.33. The van der Waals surface area contributed by atoms with Crippen LogP contribution in [0.1, 0.15) is 24.8 Å². The summed E-state index contributed by atoms with van der Waals surface area (Å²) in [4.78, 5) is 11.1. The highest BCUT2D eigenvalue weighted by molar-refractivity contribution is 7.89. The third kappa shape index (κ3) is 3.33. The molecule has 0 unspecified atom stereocenters. The number of nitrogens with one attached hydrogen (secondary N) is 1. The van der Waals surface area contributed by atoms with Crippen molar-refractivity contribution in [3.63, 3.8) is 0 Å². The van der Waals surface area contributed by atoms with Crippen molar-refractivity contribution in [2.45, 2.75) is 37.1 Å². The molecular formula is C13H17NO4S. The van der Waals surface area contributed by atoms with Crippen molar-refractivity contribution in [2.24, 2.45) is 5.92 Å². The number of carboxylic acid groups (broad SMARTS) is 1. The number of carbonyl (C=O) groups is 1. The van der Waals surface area contributed by atoms with Gasteiger partial charge in [-0.3, -0.25) is 4.79 Å². The highest BCUT2D eigenvalue weighted by Gasteiger charge is 2.32. The fourth-order valence-corrected chi connectivity index (χ4v) is 3.60. The van der Waals surface area contributed by atoms with E-state index in [9.17, 15) is 13.2 Å². The second-order valence-corrected chi connectivity index (χ2v) is 6.69. The summed E-state index contributed by atoms with van der Waals surface area (Å²) in [6.45, 7) is 1.89. The minimum atomic E-state index is -3.55. The van der Waals surface area contributed by atoms with Crippen molar-refractivity contribution in [2.75, 3.05) is 0 Å². The Kier molecular flexibility index (Phi) is 3.91. The average Bonchev–Trinajstić information content (AvgIpc) is 2.77. The first-order chi connectivity index (χ1) is 8.88. The Morgan fingerprint density at radius 2 is 1.89 bits per heavy atom. The van der Waals surface area contributed by atoms with Crippen LogP contribution in [-0.4, -0.2) is 25.5 Å². The second-order valence-electron chi connectivity index (χ2n) is 4.98. The molecule has 1 aromatic rings. The molecule has 1 saturated carbocycles. The lowest BCUT2D eigenvalue weighted by molar-refractivity contribution is -0.141. The van der Waals surface area contributed by atoms with Gasteiger partial charge in [-0.25, -0.2) is 13.1 Å². The minimum Gasteiger partial charge on any atom is -0.481 e. The molecule has 1 aromatic carbocycles. The fraction of sp³-hybridized carbons (Fsp3) is 0.462. The van der Waals surface area contributed by atoms with E-state index in [1.807, 2.05) is 6.92 Å². The molecule has 0 bridgehead atoms. The lowest BCUT2D eigenvalue weighted by atomic mass is 10.1. The van der Waals surface area contributed by atoms with E-state index in [0.29, 0.717) is 19.3 Å². The predicted octanol–water partition coefficient (Wildman–Crippen LogP) is 1.53. The normalized spacial score (nSPS) is 23.4. The molecule has 0 spiro atoms. The number of benzene rings is 1. The number of hydrogen-bond donors (Lipinski definition) is 2. The van der Waals surface area contributed by atoms with Gasteiger partial charge in [0.2, 0.25) is 10.0 Å². The number of rotatable bonds is 4. The van der Waals surface area contributed by atoms with Crippen molar-refractivity contribution in [1.82, 2.24) is 4.72 Å². The van der Waals surface area contributed by atoms with E-state index < -0.39 is 21.9 Å². The maximum absolute atomic E-state index is 12.1. The van der Waals surface area contributed by atoms with Crippen molar-refractivity contribution in [1.29, 1.82) is 0 Å². The number of aryl methyl sites for hydroxylation is 1. The van der Waals surface area contributed by atoms with Gasteiger partial charge in [0.1, 0.15) is 0 Å². The molecule has 0 aromatic heterocycles. The molecule has 1 fully saturated rings. The van der Waals surface area contributed by atoms with Crippen LogP contribution in [0.5, 0.6) is 0 Å². The van der Waals surface area contributed by atoms with E-state index in [2.05, 4.69) is 4.72 Å². The Morgan fingerprint density at radius 3 is 2.42 bits per heavy atom. The van der Waals surface area contributed by atoms with Crippen molar-refractivity contribution < 1.29 is 18.3 Å². The van der Waals surface area contributed by atoms with Crippen LogP contribution < -0.4 is 4.72 Å². The third-order valence-electron chi connectivity index (χ3n) is 3.43. The molecule has 6 heteroatoms. The Hall–Kier alpha value is -1.40. The van der Waals surface area contributed by atoms with Gasteiger partial charge in [0.05, 0.1) is 10.8 Å². The summed E-state index contributed by atoms with van der Waals surface area (Å²) in [7, 11) is -3.55. The van der Waals surface area contributed by atoms with E-state index in [0.717, 1.165) is 5.56 Å². The van der Waals surface area contributed by atoms with Crippen LogP contribution in [0.3, 0.4) is 0 Å². The smallest absolute Gasteiger partial charge is 0.306 e. The highest BCUT2D eigenvalue weighted by atomic mass is 32.2. The molecule has 0 saturated heterocycles. The molecule has 2 rings (SSSR count). The average molecular weight is 283 g/mol. The van der Waals surface area contributed by atoms with Gasteiger partial charge in [-0.1, -0.05) is 17.7 Å². The Morgan fingerprint density at radius 1 is 1.26 bits per heavy atom. The van der Waals surface area contributed by atoms with Gasteiger partial charge in [-0.2, -0.15) is 0 Å². The van der Waals surface area contributed by atoms with Crippen LogP contribution in [0.4, 0.5) is 0 Å². The van der Waals surface area contributed by atoms with Crippen LogP contribution in [0.2, 0.25) is 0 Å². The Balaban J connectivity index is 2.06. The molecule has 1 aliphatic rings. The van der Waals surface area contributed by atoms with E-state index in [-0.39, 0.29) is 10.9 Å². The van der Waals surface area contributed by atoms with E-state index in [1.54, 1.807) is 24.3 Å². The van der Waals surface area contributed by atoms with Gasteiger partial charge in [0.25, 0.3) is 0 Å². The maximum atomic E-state index is 12.1. The molecule has 19 heavy (non-hydrogen) atoms. The number of hydrogen-bond acceptors (Lipinski definition) is 3. The number of aliphatic carboxylic acids is 1. The van der Waals surface area contributed by atoms with Gasteiger partial charge in [-0.05, 0) is 38.3 Å². The Bertz CT molecular complexity index is 565. The third-order valence-corrected chi connectivity index (χ3v) is 4.97. The van der Waals surface area contributed by atoms with Crippen LogP contribution in [0.15, 0.2) is 29.2 Å². The molecule has 2 N–H and O–H groups in total. The lowest BCUT2D eigenvalue weighted by Gasteiger charge is -2.13. The standard InChI is InChI=1S/C13H17NO4S/c1-9-2-6-12(7-3-9)19(17,18)14-11-5-4-10(8-11)13(15)16/h2-3,6-7,10-11,14H,4-5,8H2,1H3,(H,15,16)/t10-,11-/m1/s1. The van der Waals surface area contributed by atoms with Crippen LogP contribution in [0, 0.1) is 12.8 Å². The number of sulfonamides is 1. The van der Waals surface area contributed by atoms with Crippen LogP contribution in [0.25, 0.3) is 0 Å². The summed E-state index contributed by atoms with van der Waals surface area (Å²) < 4.78 is 26.8. The van der Waals surface area contributed by atoms with E-state index in [1.165, 1.54) is 0 Å². The number of carboxylic acids is 1. The molecule has 5 nitrogen and oxygen atoms in total. The van der Waals surface area contributed by atoms with Gasteiger partial charge in [0.15, 0.2) is 0 Å². The first-order valence-corrected chi connectivity index (χ1v) is 7.68. The largest absolute Gasteiger partial charge is 0.481 e. The molecule has 0 aliphatic heterocycles. The van der Waals surface area contributed by atoms with Gasteiger partial charge in [-0.15, -0.1) is 0 Å². The monoisotopic (exact) mass is 283 g/mol. The summed E-state index contributed by atoms with van der Waals surface area (Å²) in [5, 5.41) is 8.90. The molecule has 0 radical (unpaired) electrons. The first kappa shape index (κ1) is 14.0. The van der Waals surface area contributed by atoms with Crippen molar-refractivity contribution >= 4 is 16.0 Å². The fourth-order valence-electron chi connectivity index (χ4n) is 2.32. The SMILES string of the molecule is Cc1ccc(S(=O)(=O)N[C@@H]2CC[C@@H](C(=O)O)C2)cc1. The molecular weight excluding hydrogens is 266 g/mol. The van der Waals surface area contributed by atoms with E-state index >= 15 is 0 Å². The Labute approximate surface area is 112 Å². The molecule has 0 heterocycles. The quantitative estimate of drug-likeness (QED) is 0.877. The van der Waals surface area contributed by atoms with Crippen LogP contribution in [-0.2, 0) is 14.8 Å². The minimum absolute atomic E-state index is 0.219. The molecule has 1 aliphatic carbocycles. The molecule has 0 amide bonds. The maximum Gasteiger partial charge on any atom is 0.306 e.